The number of nitrogens with two attached hydrogens (primary N) is 1. The summed E-state index contributed by atoms with van der Waals surface area (Å²) in [4.78, 5) is 14.1. The van der Waals surface area contributed by atoms with Gasteiger partial charge in [0, 0.05) is 46.4 Å². The van der Waals surface area contributed by atoms with Gasteiger partial charge < -0.3 is 30.3 Å². The fourth-order valence-corrected chi connectivity index (χ4v) is 8.16. The third-order valence-corrected chi connectivity index (χ3v) is 10.8. The van der Waals surface area contributed by atoms with E-state index >= 15 is 8.78 Å². The summed E-state index contributed by atoms with van der Waals surface area (Å²) in [6, 6.07) is 5.51. The lowest BCUT2D eigenvalue weighted by Crippen LogP contribution is -2.52. The summed E-state index contributed by atoms with van der Waals surface area (Å²) in [7, 11) is 4.05. The molecule has 2 aromatic heterocycles. The summed E-state index contributed by atoms with van der Waals surface area (Å²) in [6.45, 7) is 2.33. The highest BCUT2D eigenvalue weighted by molar-refractivity contribution is 7.23. The molecule has 2 bridgehead atoms. The van der Waals surface area contributed by atoms with Crippen molar-refractivity contribution in [3.8, 4) is 23.2 Å². The zero-order valence-electron chi connectivity index (χ0n) is 24.0. The van der Waals surface area contributed by atoms with Crippen LogP contribution in [0.5, 0.6) is 6.01 Å². The average Bonchev–Trinajstić information content (AvgIpc) is 3.42. The summed E-state index contributed by atoms with van der Waals surface area (Å²) >= 11 is 1.18. The first-order valence-electron chi connectivity index (χ1n) is 14.6. The molecule has 12 heteroatoms. The maximum atomic E-state index is 17.2. The Hall–Kier alpha value is -3.63. The number of aromatic nitrogens is 2. The lowest BCUT2D eigenvalue weighted by atomic mass is 9.90. The van der Waals surface area contributed by atoms with Gasteiger partial charge in [0.25, 0.3) is 0 Å². The second-order valence-corrected chi connectivity index (χ2v) is 13.4. The molecule has 4 aliphatic rings. The van der Waals surface area contributed by atoms with Gasteiger partial charge in [0.2, 0.25) is 0 Å². The van der Waals surface area contributed by atoms with Crippen LogP contribution in [0.25, 0.3) is 32.1 Å². The summed E-state index contributed by atoms with van der Waals surface area (Å²) in [5.74, 6) is -0.669. The summed E-state index contributed by atoms with van der Waals surface area (Å²) in [5, 5.41) is 14.6. The fraction of sp³-hybridized carbons (Fsp3) is 0.452. The summed E-state index contributed by atoms with van der Waals surface area (Å²) in [5.41, 5.74) is 7.65. The Morgan fingerprint density at radius 3 is 2.58 bits per heavy atom. The number of fused-ring (bicyclic) bond motifs is 6. The Morgan fingerprint density at radius 1 is 1.14 bits per heavy atom. The molecule has 222 valence electrons. The molecule has 0 amide bonds. The quantitative estimate of drug-likeness (QED) is 0.324. The van der Waals surface area contributed by atoms with Crippen molar-refractivity contribution in [3.05, 3.63) is 40.5 Å². The van der Waals surface area contributed by atoms with Gasteiger partial charge in [-0.15, -0.1) is 11.3 Å². The van der Waals surface area contributed by atoms with Crippen LogP contribution in [0, 0.1) is 23.0 Å². The van der Waals surface area contributed by atoms with E-state index in [0.29, 0.717) is 33.5 Å². The number of benzene rings is 2. The Bertz CT molecular complexity index is 1850. The predicted octanol–water partition coefficient (Wildman–Crippen LogP) is 4.69. The second-order valence-electron chi connectivity index (χ2n) is 12.3. The van der Waals surface area contributed by atoms with Crippen molar-refractivity contribution in [3.63, 3.8) is 0 Å². The minimum atomic E-state index is -0.677. The van der Waals surface area contributed by atoms with Crippen molar-refractivity contribution in [1.29, 1.82) is 5.26 Å². The smallest absolute Gasteiger partial charge is 0.319 e. The summed E-state index contributed by atoms with van der Waals surface area (Å²) in [6.07, 6.45) is 4.01. The molecular formula is C31H31F2N7O2S. The lowest BCUT2D eigenvalue weighted by molar-refractivity contribution is 0.135. The van der Waals surface area contributed by atoms with Crippen LogP contribution in [0.1, 0.15) is 42.4 Å². The largest absolute Gasteiger partial charge is 0.461 e. The number of hydrogen-bond acceptors (Lipinski definition) is 10. The monoisotopic (exact) mass is 603 g/mol. The standard InChI is InChI=1S/C31H31F2N7O2S/c1-39(2)31(7-8-31)14-42-30-37-27-24(29(38-30)40-15-3-4-16(40)11-36-10-15)19-13-41-12-18(19)23(26(27)33)25-20(32)5-6-21-22(25)17(9-34)28(35)43-21/h5-6,15-16,36H,3-4,7-8,10-14,35H2,1-2H3. The molecule has 0 radical (unpaired) electrons. The van der Waals surface area contributed by atoms with Gasteiger partial charge in [0.1, 0.15) is 34.8 Å². The molecule has 3 N–H and O–H groups in total. The van der Waals surface area contributed by atoms with E-state index < -0.39 is 11.6 Å². The van der Waals surface area contributed by atoms with E-state index in [4.69, 9.17) is 20.2 Å². The van der Waals surface area contributed by atoms with Gasteiger partial charge in [0.15, 0.2) is 5.82 Å². The maximum absolute atomic E-state index is 17.2. The van der Waals surface area contributed by atoms with Crippen molar-refractivity contribution in [2.45, 2.75) is 56.5 Å². The molecular weight excluding hydrogens is 572 g/mol. The number of nitrogens with zero attached hydrogens (tertiary/aromatic N) is 5. The predicted molar refractivity (Wildman–Crippen MR) is 161 cm³/mol. The van der Waals surface area contributed by atoms with E-state index in [-0.39, 0.29) is 64.1 Å². The van der Waals surface area contributed by atoms with Crippen LogP contribution in [0.4, 0.5) is 19.6 Å². The molecule has 0 spiro atoms. The molecule has 2 unspecified atom stereocenters. The number of ether oxygens (including phenoxy) is 2. The number of halogens is 2. The Kier molecular flexibility index (Phi) is 6.07. The topological polar surface area (TPSA) is 113 Å². The number of likely N-dealkylation sites (N-methyl/N-ethyl adjacent to an activating group) is 1. The first-order valence-corrected chi connectivity index (χ1v) is 15.5. The van der Waals surface area contributed by atoms with Crippen LogP contribution in [0.15, 0.2) is 12.1 Å². The number of nitrogen functional groups attached to an aromatic ring is 1. The van der Waals surface area contributed by atoms with Gasteiger partial charge in [-0.3, -0.25) is 0 Å². The van der Waals surface area contributed by atoms with Crippen LogP contribution in [-0.4, -0.2) is 66.3 Å². The van der Waals surface area contributed by atoms with Crippen LogP contribution in [0.3, 0.4) is 0 Å². The van der Waals surface area contributed by atoms with Gasteiger partial charge in [-0.1, -0.05) is 0 Å². The lowest BCUT2D eigenvalue weighted by Gasteiger charge is -2.37. The zero-order chi connectivity index (χ0) is 29.6. The van der Waals surface area contributed by atoms with Crippen molar-refractivity contribution in [1.82, 2.24) is 20.2 Å². The minimum Gasteiger partial charge on any atom is -0.461 e. The first-order chi connectivity index (χ1) is 20.8. The van der Waals surface area contributed by atoms with Crippen molar-refractivity contribution < 1.29 is 18.3 Å². The Morgan fingerprint density at radius 2 is 1.88 bits per heavy atom. The molecule has 3 fully saturated rings. The molecule has 8 rings (SSSR count). The highest BCUT2D eigenvalue weighted by Gasteiger charge is 2.46. The van der Waals surface area contributed by atoms with Gasteiger partial charge in [-0.2, -0.15) is 15.2 Å². The number of anilines is 2. The van der Waals surface area contributed by atoms with Gasteiger partial charge in [-0.05, 0) is 63.0 Å². The molecule has 2 atom stereocenters. The number of rotatable bonds is 6. The van der Waals surface area contributed by atoms with Crippen LogP contribution >= 0.6 is 11.3 Å². The van der Waals surface area contributed by atoms with E-state index in [1.807, 2.05) is 14.1 Å². The zero-order valence-corrected chi connectivity index (χ0v) is 24.8. The van der Waals surface area contributed by atoms with Crippen molar-refractivity contribution in [2.24, 2.45) is 0 Å². The van der Waals surface area contributed by atoms with Gasteiger partial charge >= 0.3 is 6.01 Å². The van der Waals surface area contributed by atoms with E-state index in [1.165, 1.54) is 17.4 Å². The molecule has 3 aliphatic heterocycles. The minimum absolute atomic E-state index is 0.0116. The third-order valence-electron chi connectivity index (χ3n) is 9.82. The summed E-state index contributed by atoms with van der Waals surface area (Å²) < 4.78 is 45.8. The molecule has 5 heterocycles. The molecule has 1 aliphatic carbocycles. The second kappa shape index (κ2) is 9.69. The van der Waals surface area contributed by atoms with Gasteiger partial charge in [-0.25, -0.2) is 8.78 Å². The molecule has 1 saturated carbocycles. The normalized spacial score (nSPS) is 22.0. The highest BCUT2D eigenvalue weighted by Crippen LogP contribution is 2.49. The number of nitriles is 1. The maximum Gasteiger partial charge on any atom is 0.319 e. The molecule has 2 saturated heterocycles. The van der Waals surface area contributed by atoms with Gasteiger partial charge in [0.05, 0.1) is 29.7 Å². The number of thiophene rings is 1. The van der Waals surface area contributed by atoms with Crippen molar-refractivity contribution >= 4 is 43.1 Å². The molecule has 4 aromatic rings. The molecule has 9 nitrogen and oxygen atoms in total. The van der Waals surface area contributed by atoms with Crippen LogP contribution in [-0.2, 0) is 18.0 Å². The van der Waals surface area contributed by atoms with Crippen LogP contribution < -0.4 is 20.7 Å². The number of hydrogen-bond donors (Lipinski definition) is 2. The average molecular weight is 604 g/mol. The van der Waals surface area contributed by atoms with E-state index in [9.17, 15) is 5.26 Å². The molecule has 2 aromatic carbocycles. The number of nitrogens with one attached hydrogen (secondary N) is 1. The van der Waals surface area contributed by atoms with E-state index in [1.54, 1.807) is 6.07 Å². The Labute approximate surface area is 251 Å². The van der Waals surface area contributed by atoms with Crippen LogP contribution in [0.2, 0.25) is 0 Å². The fourth-order valence-electron chi connectivity index (χ4n) is 7.23. The third kappa shape index (κ3) is 3.95. The van der Waals surface area contributed by atoms with Crippen molar-refractivity contribution in [2.75, 3.05) is 44.4 Å². The molecule has 43 heavy (non-hydrogen) atoms. The highest BCUT2D eigenvalue weighted by atomic mass is 32.1. The van der Waals surface area contributed by atoms with E-state index in [0.717, 1.165) is 44.3 Å². The SMILES string of the molecule is CN(C)C1(COc2nc(N3C4CCC3CNC4)c3c4c(c(-c5c(F)ccc6sc(N)c(C#N)c56)c(F)c3n2)COC4)CC1. The van der Waals surface area contributed by atoms with E-state index in [2.05, 4.69) is 26.2 Å². The number of piperazine rings is 1. The first kappa shape index (κ1) is 27.0. The Balaban J connectivity index is 1.40.